The average Bonchev–Trinajstić information content (AvgIpc) is 2.40. The van der Waals surface area contributed by atoms with Gasteiger partial charge in [-0.15, -0.1) is 0 Å². The Kier molecular flexibility index (Phi) is 5.78. The molecule has 7 heteroatoms. The summed E-state index contributed by atoms with van der Waals surface area (Å²) in [4.78, 5) is 26.6. The summed E-state index contributed by atoms with van der Waals surface area (Å²) in [5.41, 5.74) is -0.925. The van der Waals surface area contributed by atoms with Gasteiger partial charge in [0.25, 0.3) is 0 Å². The third-order valence-corrected chi connectivity index (χ3v) is 5.17. The third kappa shape index (κ3) is 3.75. The van der Waals surface area contributed by atoms with Crippen LogP contribution >= 0.6 is 0 Å². The molecule has 0 saturated carbocycles. The van der Waals surface area contributed by atoms with Crippen LogP contribution in [0.1, 0.15) is 46.5 Å². The van der Waals surface area contributed by atoms with Crippen molar-refractivity contribution >= 4 is 21.7 Å². The first-order chi connectivity index (χ1) is 9.71. The second-order valence-electron chi connectivity index (χ2n) is 5.67. The molecule has 0 aromatic carbocycles. The van der Waals surface area contributed by atoms with Crippen molar-refractivity contribution in [3.8, 4) is 0 Å². The molecule has 0 aliphatic carbocycles. The van der Waals surface area contributed by atoms with E-state index < -0.39 is 21.4 Å². The summed E-state index contributed by atoms with van der Waals surface area (Å²) in [5.74, 6) is -0.449. The first-order valence-electron chi connectivity index (χ1n) is 7.52. The fourth-order valence-electron chi connectivity index (χ4n) is 2.89. The van der Waals surface area contributed by atoms with Gasteiger partial charge >= 0.3 is 0 Å². The Morgan fingerprint density at radius 1 is 1.19 bits per heavy atom. The summed E-state index contributed by atoms with van der Waals surface area (Å²) in [7, 11) is -3.19. The van der Waals surface area contributed by atoms with Gasteiger partial charge in [-0.2, -0.15) is 0 Å². The van der Waals surface area contributed by atoms with Gasteiger partial charge < -0.3 is 10.2 Å². The molecule has 1 atom stereocenters. The molecule has 0 spiro atoms. The Morgan fingerprint density at radius 2 is 1.76 bits per heavy atom. The van der Waals surface area contributed by atoms with E-state index in [2.05, 4.69) is 5.32 Å². The van der Waals surface area contributed by atoms with Crippen molar-refractivity contribution < 1.29 is 18.0 Å². The van der Waals surface area contributed by atoms with Gasteiger partial charge in [-0.1, -0.05) is 27.2 Å². The highest BCUT2D eigenvalue weighted by Gasteiger charge is 2.49. The Morgan fingerprint density at radius 3 is 2.19 bits per heavy atom. The molecule has 1 aliphatic rings. The van der Waals surface area contributed by atoms with E-state index in [1.807, 2.05) is 20.8 Å². The third-order valence-electron chi connectivity index (χ3n) is 4.24. The first kappa shape index (κ1) is 17.9. The average molecular weight is 318 g/mol. The van der Waals surface area contributed by atoms with Crippen LogP contribution in [0.2, 0.25) is 0 Å². The highest BCUT2D eigenvalue weighted by atomic mass is 32.2. The zero-order valence-electron chi connectivity index (χ0n) is 13.3. The molecule has 0 radical (unpaired) electrons. The fourth-order valence-corrected chi connectivity index (χ4v) is 3.41. The number of piperazine rings is 1. The van der Waals surface area contributed by atoms with Gasteiger partial charge in [-0.3, -0.25) is 9.59 Å². The Bertz CT molecular complexity index is 497. The van der Waals surface area contributed by atoms with Gasteiger partial charge in [0, 0.05) is 12.8 Å². The second-order valence-corrected chi connectivity index (χ2v) is 7.93. The van der Waals surface area contributed by atoms with E-state index in [0.29, 0.717) is 19.3 Å². The summed E-state index contributed by atoms with van der Waals surface area (Å²) in [6.45, 7) is 5.72. The number of nitrogens with zero attached hydrogens (tertiary/aromatic N) is 1. The van der Waals surface area contributed by atoms with E-state index in [-0.39, 0.29) is 24.1 Å². The van der Waals surface area contributed by atoms with Crippen LogP contribution in [0.25, 0.3) is 0 Å². The standard InChI is InChI=1S/C14H26N2O4S/c1-5-8-11-12(17)16(9-10-21(4,19)20)14(6-2,7-3)13(18)15-11/h11H,5-10H2,1-4H3,(H,15,18). The quantitative estimate of drug-likeness (QED) is 0.749. The maximum Gasteiger partial charge on any atom is 0.246 e. The normalized spacial score (nSPS) is 22.3. The summed E-state index contributed by atoms with van der Waals surface area (Å²) < 4.78 is 22.8. The Labute approximate surface area is 127 Å². The smallest absolute Gasteiger partial charge is 0.246 e. The molecule has 2 amide bonds. The minimum atomic E-state index is -3.19. The predicted molar refractivity (Wildman–Crippen MR) is 81.6 cm³/mol. The summed E-state index contributed by atoms with van der Waals surface area (Å²) in [5, 5.41) is 2.81. The molecule has 21 heavy (non-hydrogen) atoms. The molecule has 1 aliphatic heterocycles. The van der Waals surface area contributed by atoms with Gasteiger partial charge in [-0.05, 0) is 19.3 Å². The number of carbonyl (C=O) groups is 2. The van der Waals surface area contributed by atoms with Crippen molar-refractivity contribution in [2.75, 3.05) is 18.6 Å². The van der Waals surface area contributed by atoms with Crippen molar-refractivity contribution in [1.82, 2.24) is 10.2 Å². The highest BCUT2D eigenvalue weighted by Crippen LogP contribution is 2.29. The first-order valence-corrected chi connectivity index (χ1v) is 9.58. The zero-order chi connectivity index (χ0) is 16.3. The van der Waals surface area contributed by atoms with E-state index in [1.165, 1.54) is 4.90 Å². The van der Waals surface area contributed by atoms with Gasteiger partial charge in [0.2, 0.25) is 11.8 Å². The van der Waals surface area contributed by atoms with Gasteiger partial charge in [-0.25, -0.2) is 8.42 Å². The lowest BCUT2D eigenvalue weighted by molar-refractivity contribution is -0.158. The summed E-state index contributed by atoms with van der Waals surface area (Å²) in [6, 6.07) is -0.534. The minimum absolute atomic E-state index is 0.0764. The molecular formula is C14H26N2O4S. The fraction of sp³-hybridized carbons (Fsp3) is 0.857. The van der Waals surface area contributed by atoms with Crippen molar-refractivity contribution in [1.29, 1.82) is 0 Å². The molecule has 1 fully saturated rings. The molecule has 1 rings (SSSR count). The van der Waals surface area contributed by atoms with Crippen LogP contribution in [0.3, 0.4) is 0 Å². The van der Waals surface area contributed by atoms with Gasteiger partial charge in [0.15, 0.2) is 0 Å². The van der Waals surface area contributed by atoms with Crippen LogP contribution in [0.4, 0.5) is 0 Å². The summed E-state index contributed by atoms with van der Waals surface area (Å²) in [6.07, 6.45) is 3.45. The van der Waals surface area contributed by atoms with E-state index in [9.17, 15) is 18.0 Å². The lowest BCUT2D eigenvalue weighted by Crippen LogP contribution is -2.70. The molecule has 1 heterocycles. The van der Waals surface area contributed by atoms with E-state index in [0.717, 1.165) is 12.7 Å². The largest absolute Gasteiger partial charge is 0.342 e. The lowest BCUT2D eigenvalue weighted by atomic mass is 9.85. The van der Waals surface area contributed by atoms with Crippen LogP contribution < -0.4 is 5.32 Å². The number of sulfone groups is 1. The topological polar surface area (TPSA) is 83.6 Å². The molecule has 1 N–H and O–H groups in total. The monoisotopic (exact) mass is 318 g/mol. The molecule has 0 bridgehead atoms. The van der Waals surface area contributed by atoms with Crippen LogP contribution in [0.15, 0.2) is 0 Å². The number of hydrogen-bond donors (Lipinski definition) is 1. The lowest BCUT2D eigenvalue weighted by Gasteiger charge is -2.47. The van der Waals surface area contributed by atoms with Crippen LogP contribution in [-0.2, 0) is 19.4 Å². The van der Waals surface area contributed by atoms with Crippen LogP contribution in [0.5, 0.6) is 0 Å². The predicted octanol–water partition coefficient (Wildman–Crippen LogP) is 0.717. The molecule has 1 unspecified atom stereocenters. The zero-order valence-corrected chi connectivity index (χ0v) is 14.1. The van der Waals surface area contributed by atoms with E-state index in [1.54, 1.807) is 0 Å². The summed E-state index contributed by atoms with van der Waals surface area (Å²) >= 11 is 0. The van der Waals surface area contributed by atoms with Gasteiger partial charge in [0.1, 0.15) is 21.4 Å². The minimum Gasteiger partial charge on any atom is -0.342 e. The van der Waals surface area contributed by atoms with Crippen molar-refractivity contribution in [3.63, 3.8) is 0 Å². The maximum atomic E-state index is 12.6. The van der Waals surface area contributed by atoms with Crippen molar-refractivity contribution in [3.05, 3.63) is 0 Å². The van der Waals surface area contributed by atoms with Gasteiger partial charge in [0.05, 0.1) is 5.75 Å². The number of rotatable bonds is 7. The Balaban J connectivity index is 3.11. The number of amides is 2. The van der Waals surface area contributed by atoms with Crippen molar-refractivity contribution in [2.45, 2.75) is 58.0 Å². The molecule has 122 valence electrons. The van der Waals surface area contributed by atoms with E-state index >= 15 is 0 Å². The highest BCUT2D eigenvalue weighted by molar-refractivity contribution is 7.90. The number of hydrogen-bond acceptors (Lipinski definition) is 4. The Hall–Kier alpha value is -1.11. The molecule has 1 saturated heterocycles. The molecule has 0 aromatic heterocycles. The molecule has 0 aromatic rings. The van der Waals surface area contributed by atoms with Crippen molar-refractivity contribution in [2.24, 2.45) is 0 Å². The second kappa shape index (κ2) is 6.77. The van der Waals surface area contributed by atoms with E-state index in [4.69, 9.17) is 0 Å². The number of nitrogens with one attached hydrogen (secondary N) is 1. The SMILES string of the molecule is CCCC1NC(=O)C(CC)(CC)N(CCS(C)(=O)=O)C1=O. The maximum absolute atomic E-state index is 12.6. The van der Waals surface area contributed by atoms with Crippen LogP contribution in [0, 0.1) is 0 Å². The number of carbonyl (C=O) groups excluding carboxylic acids is 2. The molecular weight excluding hydrogens is 292 g/mol. The van der Waals surface area contributed by atoms with Crippen LogP contribution in [-0.4, -0.2) is 55.3 Å². The molecule has 6 nitrogen and oxygen atoms in total.